The third kappa shape index (κ3) is 2.22. The standard InChI is InChI=1S/C12H21NOSi/c1-10(14)11-7-8-13(9-11)15(5,6)12(2,3)4/h7-9H,1-6H3. The molecule has 0 N–H and O–H groups in total. The highest BCUT2D eigenvalue weighted by Gasteiger charge is 2.37. The van der Waals surface area contributed by atoms with E-state index in [1.807, 2.05) is 18.5 Å². The molecule has 0 atom stereocenters. The maximum Gasteiger partial charge on any atom is 0.161 e. The largest absolute Gasteiger partial charge is 0.380 e. The SMILES string of the molecule is CC(=O)c1ccn([Si](C)(C)C(C)(C)C)c1. The minimum atomic E-state index is -1.54. The summed E-state index contributed by atoms with van der Waals surface area (Å²) in [7, 11) is -1.54. The van der Waals surface area contributed by atoms with Gasteiger partial charge in [0.05, 0.1) is 0 Å². The first-order valence-electron chi connectivity index (χ1n) is 5.35. The van der Waals surface area contributed by atoms with Crippen molar-refractivity contribution in [3.63, 3.8) is 0 Å². The van der Waals surface area contributed by atoms with Crippen molar-refractivity contribution in [3.8, 4) is 0 Å². The lowest BCUT2D eigenvalue weighted by molar-refractivity contribution is 0.101. The van der Waals surface area contributed by atoms with Crippen LogP contribution in [0.4, 0.5) is 0 Å². The predicted octanol–water partition coefficient (Wildman–Crippen LogP) is 3.54. The van der Waals surface area contributed by atoms with E-state index in [0.717, 1.165) is 5.56 Å². The minimum Gasteiger partial charge on any atom is -0.380 e. The minimum absolute atomic E-state index is 0.146. The Morgan fingerprint density at radius 3 is 2.20 bits per heavy atom. The molecule has 2 nitrogen and oxygen atoms in total. The molecule has 15 heavy (non-hydrogen) atoms. The Kier molecular flexibility index (Phi) is 2.96. The molecule has 0 aromatic carbocycles. The van der Waals surface area contributed by atoms with Crippen molar-refractivity contribution in [2.45, 2.75) is 45.8 Å². The van der Waals surface area contributed by atoms with Gasteiger partial charge in [0, 0.05) is 11.8 Å². The van der Waals surface area contributed by atoms with Gasteiger partial charge in [0.25, 0.3) is 0 Å². The summed E-state index contributed by atoms with van der Waals surface area (Å²) in [6.07, 6.45) is 4.05. The molecule has 0 radical (unpaired) electrons. The lowest BCUT2D eigenvalue weighted by Gasteiger charge is -2.37. The molecule has 0 aliphatic heterocycles. The van der Waals surface area contributed by atoms with Crippen molar-refractivity contribution in [2.75, 3.05) is 0 Å². The van der Waals surface area contributed by atoms with Crippen molar-refractivity contribution in [1.29, 1.82) is 0 Å². The summed E-state index contributed by atoms with van der Waals surface area (Å²) < 4.78 is 2.27. The van der Waals surface area contributed by atoms with Crippen LogP contribution in [-0.2, 0) is 0 Å². The molecule has 1 aromatic rings. The van der Waals surface area contributed by atoms with Crippen LogP contribution in [0.3, 0.4) is 0 Å². The number of carbonyl (C=O) groups excluding carboxylic acids is 1. The number of hydrogen-bond acceptors (Lipinski definition) is 1. The number of aromatic nitrogens is 1. The van der Waals surface area contributed by atoms with Crippen LogP contribution in [0.25, 0.3) is 0 Å². The average Bonchev–Trinajstić information content (AvgIpc) is 2.49. The van der Waals surface area contributed by atoms with Gasteiger partial charge in [-0.2, -0.15) is 0 Å². The average molecular weight is 223 g/mol. The number of hydrogen-bond donors (Lipinski definition) is 0. The van der Waals surface area contributed by atoms with Gasteiger partial charge in [-0.1, -0.05) is 33.9 Å². The highest BCUT2D eigenvalue weighted by atomic mass is 28.3. The Labute approximate surface area is 93.4 Å². The van der Waals surface area contributed by atoms with Crippen LogP contribution in [0.15, 0.2) is 18.5 Å². The summed E-state index contributed by atoms with van der Waals surface area (Å²) >= 11 is 0. The highest BCUT2D eigenvalue weighted by Crippen LogP contribution is 2.37. The molecule has 0 fully saturated rings. The van der Waals surface area contributed by atoms with E-state index in [-0.39, 0.29) is 5.78 Å². The normalized spacial score (nSPS) is 12.9. The van der Waals surface area contributed by atoms with E-state index < -0.39 is 8.24 Å². The maximum absolute atomic E-state index is 11.2. The molecule has 3 heteroatoms. The number of nitrogens with zero attached hydrogens (tertiary/aromatic N) is 1. The second-order valence-electron chi connectivity index (χ2n) is 5.67. The van der Waals surface area contributed by atoms with E-state index >= 15 is 0 Å². The zero-order valence-electron chi connectivity index (χ0n) is 10.6. The first kappa shape index (κ1) is 12.2. The van der Waals surface area contributed by atoms with E-state index in [4.69, 9.17) is 0 Å². The molecular formula is C12H21NOSi. The van der Waals surface area contributed by atoms with Gasteiger partial charge < -0.3 is 4.23 Å². The zero-order chi connectivity index (χ0) is 11.9. The van der Waals surface area contributed by atoms with Crippen molar-refractivity contribution in [3.05, 3.63) is 24.0 Å². The molecule has 0 unspecified atom stereocenters. The topological polar surface area (TPSA) is 22.0 Å². The van der Waals surface area contributed by atoms with Crippen molar-refractivity contribution in [2.24, 2.45) is 0 Å². The molecule has 84 valence electrons. The van der Waals surface area contributed by atoms with Crippen LogP contribution in [0, 0.1) is 0 Å². The molecule has 0 spiro atoms. The van der Waals surface area contributed by atoms with Crippen LogP contribution >= 0.6 is 0 Å². The van der Waals surface area contributed by atoms with Crippen LogP contribution in [0.2, 0.25) is 18.1 Å². The molecular weight excluding hydrogens is 202 g/mol. The lowest BCUT2D eigenvalue weighted by Crippen LogP contribution is -2.44. The van der Waals surface area contributed by atoms with E-state index in [9.17, 15) is 4.79 Å². The Morgan fingerprint density at radius 2 is 1.87 bits per heavy atom. The Bertz CT molecular complexity index is 371. The summed E-state index contributed by atoms with van der Waals surface area (Å²) in [5.41, 5.74) is 0.819. The predicted molar refractivity (Wildman–Crippen MR) is 67.0 cm³/mol. The van der Waals surface area contributed by atoms with Gasteiger partial charge in [0.1, 0.15) is 0 Å². The Hall–Kier alpha value is -0.833. The van der Waals surface area contributed by atoms with E-state index in [2.05, 4.69) is 38.1 Å². The van der Waals surface area contributed by atoms with Crippen molar-refractivity contribution < 1.29 is 4.79 Å². The fraction of sp³-hybridized carbons (Fsp3) is 0.583. The summed E-state index contributed by atoms with van der Waals surface area (Å²) in [6, 6.07) is 1.92. The summed E-state index contributed by atoms with van der Waals surface area (Å²) in [5, 5.41) is 0.292. The molecule has 0 amide bonds. The summed E-state index contributed by atoms with van der Waals surface area (Å²) in [4.78, 5) is 11.2. The van der Waals surface area contributed by atoms with Crippen molar-refractivity contribution in [1.82, 2.24) is 4.23 Å². The van der Waals surface area contributed by atoms with E-state index in [1.165, 1.54) is 0 Å². The number of ketones is 1. The fourth-order valence-corrected chi connectivity index (χ4v) is 3.02. The number of carbonyl (C=O) groups is 1. The van der Waals surface area contributed by atoms with Crippen LogP contribution in [-0.4, -0.2) is 18.3 Å². The van der Waals surface area contributed by atoms with Crippen LogP contribution in [0.5, 0.6) is 0 Å². The maximum atomic E-state index is 11.2. The summed E-state index contributed by atoms with van der Waals surface area (Å²) in [6.45, 7) is 13.1. The monoisotopic (exact) mass is 223 g/mol. The second kappa shape index (κ2) is 3.63. The lowest BCUT2D eigenvalue weighted by atomic mass is 10.2. The molecule has 0 bridgehead atoms. The van der Waals surface area contributed by atoms with Gasteiger partial charge >= 0.3 is 0 Å². The van der Waals surface area contributed by atoms with E-state index in [1.54, 1.807) is 6.92 Å². The number of Topliss-reactive ketones (excluding diaryl/α,β-unsaturated/α-hetero) is 1. The van der Waals surface area contributed by atoms with Gasteiger partial charge in [0.2, 0.25) is 0 Å². The third-order valence-electron chi connectivity index (χ3n) is 3.58. The molecule has 1 aromatic heterocycles. The third-order valence-corrected chi connectivity index (χ3v) is 8.82. The van der Waals surface area contributed by atoms with Crippen molar-refractivity contribution >= 4 is 14.0 Å². The molecule has 0 aliphatic carbocycles. The first-order valence-corrected chi connectivity index (χ1v) is 8.30. The molecule has 0 aliphatic rings. The molecule has 0 saturated carbocycles. The quantitative estimate of drug-likeness (QED) is 0.555. The Morgan fingerprint density at radius 1 is 1.33 bits per heavy atom. The molecule has 1 rings (SSSR count). The van der Waals surface area contributed by atoms with Gasteiger partial charge in [-0.05, 0) is 24.2 Å². The van der Waals surface area contributed by atoms with Gasteiger partial charge in [0.15, 0.2) is 14.0 Å². The second-order valence-corrected chi connectivity index (χ2v) is 10.8. The van der Waals surface area contributed by atoms with Gasteiger partial charge in [-0.3, -0.25) is 4.79 Å². The smallest absolute Gasteiger partial charge is 0.161 e. The van der Waals surface area contributed by atoms with Gasteiger partial charge in [-0.15, -0.1) is 0 Å². The fourth-order valence-electron chi connectivity index (χ4n) is 1.34. The molecule has 0 saturated heterocycles. The molecule has 1 heterocycles. The number of rotatable bonds is 2. The first-order chi connectivity index (χ1) is 6.66. The summed E-state index contributed by atoms with van der Waals surface area (Å²) in [5.74, 6) is 0.146. The van der Waals surface area contributed by atoms with Crippen LogP contribution < -0.4 is 0 Å². The van der Waals surface area contributed by atoms with Crippen LogP contribution in [0.1, 0.15) is 38.1 Å². The zero-order valence-corrected chi connectivity index (χ0v) is 11.6. The Balaban J connectivity index is 3.11. The highest BCUT2D eigenvalue weighted by molar-refractivity contribution is 6.78. The van der Waals surface area contributed by atoms with Gasteiger partial charge in [-0.25, -0.2) is 0 Å². The van der Waals surface area contributed by atoms with E-state index in [0.29, 0.717) is 5.04 Å².